The van der Waals surface area contributed by atoms with Crippen molar-refractivity contribution in [3.63, 3.8) is 0 Å². The molecule has 0 aromatic heterocycles. The lowest BCUT2D eigenvalue weighted by atomic mass is 10.0. The van der Waals surface area contributed by atoms with Crippen LogP contribution in [0.25, 0.3) is 0 Å². The average Bonchev–Trinajstić information content (AvgIpc) is 2.50. The van der Waals surface area contributed by atoms with Gasteiger partial charge in [-0.1, -0.05) is 29.8 Å². The normalized spacial score (nSPS) is 12.2. The number of anilines is 1. The van der Waals surface area contributed by atoms with Crippen molar-refractivity contribution in [2.75, 3.05) is 18.0 Å². The molecule has 0 bridgehead atoms. The van der Waals surface area contributed by atoms with Crippen molar-refractivity contribution in [3.8, 4) is 0 Å². The first kappa shape index (κ1) is 15.5. The summed E-state index contributed by atoms with van der Waals surface area (Å²) in [7, 11) is 0. The predicted molar refractivity (Wildman–Crippen MR) is 87.0 cm³/mol. The quantitative estimate of drug-likeness (QED) is 0.868. The number of nitrogens with two attached hydrogens (primary N) is 1. The van der Waals surface area contributed by atoms with E-state index < -0.39 is 0 Å². The first-order chi connectivity index (χ1) is 10.1. The molecule has 0 saturated heterocycles. The van der Waals surface area contributed by atoms with E-state index in [-0.39, 0.29) is 11.9 Å². The first-order valence-corrected chi connectivity index (χ1v) is 7.43. The molecule has 0 saturated carbocycles. The van der Waals surface area contributed by atoms with Crippen LogP contribution in [0.3, 0.4) is 0 Å². The van der Waals surface area contributed by atoms with E-state index in [1.54, 1.807) is 0 Å². The molecule has 0 fully saturated rings. The van der Waals surface area contributed by atoms with E-state index in [1.165, 1.54) is 17.7 Å². The molecule has 2 rings (SSSR count). The maximum atomic E-state index is 13.0. The van der Waals surface area contributed by atoms with Gasteiger partial charge in [0.05, 0.1) is 0 Å². The summed E-state index contributed by atoms with van der Waals surface area (Å²) in [6.45, 7) is 5.91. The minimum Gasteiger partial charge on any atom is -0.372 e. The maximum absolute atomic E-state index is 13.0. The fourth-order valence-corrected chi connectivity index (χ4v) is 2.40. The van der Waals surface area contributed by atoms with Crippen LogP contribution in [0.1, 0.15) is 30.5 Å². The molecule has 2 nitrogen and oxygen atoms in total. The van der Waals surface area contributed by atoms with Crippen molar-refractivity contribution < 1.29 is 4.39 Å². The lowest BCUT2D eigenvalue weighted by Gasteiger charge is -2.25. The lowest BCUT2D eigenvalue weighted by molar-refractivity contribution is 0.622. The van der Waals surface area contributed by atoms with Gasteiger partial charge in [-0.2, -0.15) is 0 Å². The monoisotopic (exact) mass is 286 g/mol. The topological polar surface area (TPSA) is 29.3 Å². The highest BCUT2D eigenvalue weighted by Gasteiger charge is 2.09. The molecule has 0 radical (unpaired) electrons. The van der Waals surface area contributed by atoms with E-state index in [2.05, 4.69) is 43.0 Å². The van der Waals surface area contributed by atoms with Crippen LogP contribution in [0.4, 0.5) is 10.1 Å². The van der Waals surface area contributed by atoms with E-state index in [4.69, 9.17) is 5.73 Å². The number of nitrogens with zero attached hydrogens (tertiary/aromatic N) is 1. The third-order valence-electron chi connectivity index (χ3n) is 3.79. The van der Waals surface area contributed by atoms with Gasteiger partial charge in [-0.25, -0.2) is 4.39 Å². The van der Waals surface area contributed by atoms with Crippen LogP contribution in [0.2, 0.25) is 0 Å². The molecular weight excluding hydrogens is 263 g/mol. The Morgan fingerprint density at radius 3 is 2.24 bits per heavy atom. The molecule has 21 heavy (non-hydrogen) atoms. The highest BCUT2D eigenvalue weighted by molar-refractivity contribution is 5.46. The summed E-state index contributed by atoms with van der Waals surface area (Å²) in [5.41, 5.74) is 9.71. The van der Waals surface area contributed by atoms with E-state index >= 15 is 0 Å². The van der Waals surface area contributed by atoms with Gasteiger partial charge in [-0.05, 0) is 50.1 Å². The van der Waals surface area contributed by atoms with Gasteiger partial charge >= 0.3 is 0 Å². The van der Waals surface area contributed by atoms with E-state index in [0.29, 0.717) is 0 Å². The van der Waals surface area contributed by atoms with Gasteiger partial charge in [-0.3, -0.25) is 0 Å². The summed E-state index contributed by atoms with van der Waals surface area (Å²) in [5, 5.41) is 0. The lowest BCUT2D eigenvalue weighted by Crippen LogP contribution is -2.27. The molecule has 0 aliphatic heterocycles. The van der Waals surface area contributed by atoms with Crippen molar-refractivity contribution >= 4 is 5.69 Å². The summed E-state index contributed by atoms with van der Waals surface area (Å²) >= 11 is 0. The van der Waals surface area contributed by atoms with Crippen LogP contribution in [-0.4, -0.2) is 13.1 Å². The third-order valence-corrected chi connectivity index (χ3v) is 3.79. The van der Waals surface area contributed by atoms with Crippen molar-refractivity contribution in [2.45, 2.75) is 26.3 Å². The average molecular weight is 286 g/mol. The van der Waals surface area contributed by atoms with Gasteiger partial charge in [0.25, 0.3) is 0 Å². The van der Waals surface area contributed by atoms with Crippen LogP contribution < -0.4 is 10.6 Å². The highest BCUT2D eigenvalue weighted by atomic mass is 19.1. The summed E-state index contributed by atoms with van der Waals surface area (Å²) in [6.07, 6.45) is 0.869. The molecule has 1 unspecified atom stereocenters. The number of halogens is 1. The molecule has 1 atom stereocenters. The van der Waals surface area contributed by atoms with Crippen LogP contribution in [0.15, 0.2) is 48.5 Å². The predicted octanol–water partition coefficient (Wildman–Crippen LogP) is 4.05. The Kier molecular flexibility index (Phi) is 5.34. The van der Waals surface area contributed by atoms with Gasteiger partial charge in [0.2, 0.25) is 0 Å². The zero-order valence-corrected chi connectivity index (χ0v) is 12.7. The first-order valence-electron chi connectivity index (χ1n) is 7.43. The second-order valence-corrected chi connectivity index (χ2v) is 5.36. The summed E-state index contributed by atoms with van der Waals surface area (Å²) in [4.78, 5) is 2.22. The van der Waals surface area contributed by atoms with Gasteiger partial charge < -0.3 is 10.6 Å². The SMILES string of the molecule is CCN(CCC(N)c1ccc(C)cc1)c1ccc(F)cc1. The van der Waals surface area contributed by atoms with E-state index in [1.807, 2.05) is 12.1 Å². The van der Waals surface area contributed by atoms with Crippen LogP contribution >= 0.6 is 0 Å². The Bertz CT molecular complexity index is 548. The van der Waals surface area contributed by atoms with Gasteiger partial charge in [0, 0.05) is 24.8 Å². The number of hydrogen-bond acceptors (Lipinski definition) is 2. The Hall–Kier alpha value is -1.87. The minimum absolute atomic E-state index is 0.0279. The van der Waals surface area contributed by atoms with Gasteiger partial charge in [0.15, 0.2) is 0 Å². The molecule has 0 amide bonds. The second kappa shape index (κ2) is 7.23. The Morgan fingerprint density at radius 1 is 1.05 bits per heavy atom. The minimum atomic E-state index is -0.203. The Labute approximate surface area is 126 Å². The third kappa shape index (κ3) is 4.30. The van der Waals surface area contributed by atoms with Gasteiger partial charge in [0.1, 0.15) is 5.82 Å². The van der Waals surface area contributed by atoms with E-state index in [0.717, 1.165) is 30.8 Å². The highest BCUT2D eigenvalue weighted by Crippen LogP contribution is 2.19. The van der Waals surface area contributed by atoms with Crippen molar-refractivity contribution in [1.82, 2.24) is 0 Å². The molecule has 2 N–H and O–H groups in total. The molecule has 0 spiro atoms. The smallest absolute Gasteiger partial charge is 0.123 e. The zero-order valence-electron chi connectivity index (χ0n) is 12.7. The molecule has 112 valence electrons. The van der Waals surface area contributed by atoms with Crippen LogP contribution in [-0.2, 0) is 0 Å². The molecule has 3 heteroatoms. The van der Waals surface area contributed by atoms with Crippen molar-refractivity contribution in [3.05, 3.63) is 65.5 Å². The Morgan fingerprint density at radius 2 is 1.67 bits per heavy atom. The molecular formula is C18H23FN2. The molecule has 0 heterocycles. The van der Waals surface area contributed by atoms with E-state index in [9.17, 15) is 4.39 Å². The standard InChI is InChI=1S/C18H23FN2/c1-3-21(17-10-8-16(19)9-11-17)13-12-18(20)15-6-4-14(2)5-7-15/h4-11,18H,3,12-13,20H2,1-2H3. The zero-order chi connectivity index (χ0) is 15.2. The van der Waals surface area contributed by atoms with Gasteiger partial charge in [-0.15, -0.1) is 0 Å². The summed E-state index contributed by atoms with van der Waals surface area (Å²) < 4.78 is 13.0. The summed E-state index contributed by atoms with van der Waals surface area (Å²) in [6, 6.07) is 15.0. The molecule has 0 aliphatic carbocycles. The summed E-state index contributed by atoms with van der Waals surface area (Å²) in [5.74, 6) is -0.203. The molecule has 2 aromatic carbocycles. The van der Waals surface area contributed by atoms with Crippen molar-refractivity contribution in [1.29, 1.82) is 0 Å². The maximum Gasteiger partial charge on any atom is 0.123 e. The second-order valence-electron chi connectivity index (χ2n) is 5.36. The van der Waals surface area contributed by atoms with Crippen LogP contribution in [0, 0.1) is 12.7 Å². The number of aryl methyl sites for hydroxylation is 1. The fraction of sp³-hybridized carbons (Fsp3) is 0.333. The fourth-order valence-electron chi connectivity index (χ4n) is 2.40. The molecule has 0 aliphatic rings. The largest absolute Gasteiger partial charge is 0.372 e. The van der Waals surface area contributed by atoms with Crippen molar-refractivity contribution in [2.24, 2.45) is 5.73 Å². The van der Waals surface area contributed by atoms with Crippen LogP contribution in [0.5, 0.6) is 0 Å². The molecule has 2 aromatic rings. The number of rotatable bonds is 6. The number of hydrogen-bond donors (Lipinski definition) is 1. The Balaban J connectivity index is 1.96. The number of benzene rings is 2.